The van der Waals surface area contributed by atoms with Gasteiger partial charge in [0.15, 0.2) is 0 Å². The lowest BCUT2D eigenvalue weighted by Crippen LogP contribution is -2.52. The minimum Gasteiger partial charge on any atom is -0.480 e. The maximum atomic E-state index is 12.4. The third kappa shape index (κ3) is 5.19. The number of likely N-dealkylation sites (tertiary alicyclic amines) is 1. The van der Waals surface area contributed by atoms with Gasteiger partial charge in [0.05, 0.1) is 19.3 Å². The first-order chi connectivity index (χ1) is 12.1. The zero-order valence-corrected chi connectivity index (χ0v) is 15.7. The quantitative estimate of drug-likeness (QED) is 0.616. The third-order valence-corrected chi connectivity index (χ3v) is 4.18. The minimum atomic E-state index is -1.37. The number of nitrogens with zero attached hydrogens (tertiary/aromatic N) is 1. The van der Waals surface area contributed by atoms with Crippen LogP contribution in [0.1, 0.15) is 39.7 Å². The van der Waals surface area contributed by atoms with Crippen molar-refractivity contribution in [2.45, 2.75) is 58.0 Å². The molecule has 1 saturated heterocycles. The van der Waals surface area contributed by atoms with Crippen molar-refractivity contribution in [1.29, 1.82) is 0 Å². The molecule has 0 aliphatic carbocycles. The number of carbonyl (C=O) groups excluding carboxylic acids is 1. The summed E-state index contributed by atoms with van der Waals surface area (Å²) in [7, 11) is 0. The van der Waals surface area contributed by atoms with Crippen molar-refractivity contribution < 1.29 is 28.9 Å². The lowest BCUT2D eigenvalue weighted by molar-refractivity contribution is -0.148. The van der Waals surface area contributed by atoms with Gasteiger partial charge in [0.1, 0.15) is 17.9 Å². The summed E-state index contributed by atoms with van der Waals surface area (Å²) in [6.45, 7) is 7.30. The first-order valence-corrected chi connectivity index (χ1v) is 8.59. The van der Waals surface area contributed by atoms with E-state index in [1.807, 2.05) is 30.3 Å². The summed E-state index contributed by atoms with van der Waals surface area (Å²) in [6, 6.07) is 9.67. The van der Waals surface area contributed by atoms with E-state index in [9.17, 15) is 14.7 Å². The molecule has 7 heteroatoms. The number of ether oxygens (including phenoxy) is 3. The van der Waals surface area contributed by atoms with Crippen LogP contribution in [0.2, 0.25) is 0 Å². The molecule has 144 valence electrons. The van der Waals surface area contributed by atoms with Crippen LogP contribution in [0.15, 0.2) is 30.3 Å². The molecule has 0 unspecified atom stereocenters. The van der Waals surface area contributed by atoms with Gasteiger partial charge in [-0.1, -0.05) is 30.3 Å². The number of rotatable bonds is 6. The predicted molar refractivity (Wildman–Crippen MR) is 94.6 cm³/mol. The van der Waals surface area contributed by atoms with Crippen LogP contribution in [-0.2, 0) is 25.6 Å². The molecule has 1 aliphatic heterocycles. The van der Waals surface area contributed by atoms with E-state index in [-0.39, 0.29) is 19.8 Å². The smallest absolute Gasteiger partial charge is 0.411 e. The van der Waals surface area contributed by atoms with E-state index in [4.69, 9.17) is 14.2 Å². The molecule has 0 radical (unpaired) electrons. The van der Waals surface area contributed by atoms with Gasteiger partial charge >= 0.3 is 12.1 Å². The second-order valence-electron chi connectivity index (χ2n) is 7.61. The Morgan fingerprint density at radius 3 is 2.50 bits per heavy atom. The van der Waals surface area contributed by atoms with E-state index < -0.39 is 29.3 Å². The van der Waals surface area contributed by atoms with Crippen LogP contribution in [0.5, 0.6) is 0 Å². The van der Waals surface area contributed by atoms with Crippen LogP contribution in [0.4, 0.5) is 4.79 Å². The lowest BCUT2D eigenvalue weighted by atomic mass is 9.99. The summed E-state index contributed by atoms with van der Waals surface area (Å²) in [4.78, 5) is 25.3. The molecule has 1 heterocycles. The zero-order chi connectivity index (χ0) is 19.4. The van der Waals surface area contributed by atoms with Crippen molar-refractivity contribution in [1.82, 2.24) is 4.90 Å². The normalized spacial score (nSPS) is 23.1. The Labute approximate surface area is 153 Å². The molecular weight excluding hydrogens is 338 g/mol. The second-order valence-corrected chi connectivity index (χ2v) is 7.61. The number of hydrogen-bond acceptors (Lipinski definition) is 5. The van der Waals surface area contributed by atoms with E-state index >= 15 is 0 Å². The Bertz CT molecular complexity index is 627. The fourth-order valence-electron chi connectivity index (χ4n) is 2.81. The molecule has 2 rings (SSSR count). The van der Waals surface area contributed by atoms with Crippen molar-refractivity contribution >= 4 is 12.1 Å². The van der Waals surface area contributed by atoms with Gasteiger partial charge in [-0.2, -0.15) is 0 Å². The van der Waals surface area contributed by atoms with Crippen LogP contribution in [0, 0.1) is 0 Å². The molecular formula is C19H27NO6. The Morgan fingerprint density at radius 1 is 1.27 bits per heavy atom. The SMILES string of the molecule is CC(C)(C)OC(=O)N1C[C@H](OCOCc2ccccc2)C[C@]1(C)C(=O)O. The fourth-order valence-corrected chi connectivity index (χ4v) is 2.81. The Balaban J connectivity index is 1.91. The van der Waals surface area contributed by atoms with Gasteiger partial charge in [-0.15, -0.1) is 0 Å². The largest absolute Gasteiger partial charge is 0.480 e. The standard InChI is InChI=1S/C19H27NO6/c1-18(2,3)26-17(23)20-11-15(10-19(20,4)16(21)22)25-13-24-12-14-8-6-5-7-9-14/h5-9,15H,10-13H2,1-4H3,(H,21,22)/t15-,19-/m1/s1. The van der Waals surface area contributed by atoms with E-state index in [0.717, 1.165) is 5.56 Å². The van der Waals surface area contributed by atoms with Crippen molar-refractivity contribution in [2.75, 3.05) is 13.3 Å². The highest BCUT2D eigenvalue weighted by atomic mass is 16.7. The average molecular weight is 365 g/mol. The van der Waals surface area contributed by atoms with Gasteiger partial charge in [-0.05, 0) is 33.3 Å². The van der Waals surface area contributed by atoms with Crippen LogP contribution < -0.4 is 0 Å². The van der Waals surface area contributed by atoms with E-state index in [1.165, 1.54) is 11.8 Å². The molecule has 0 bridgehead atoms. The summed E-state index contributed by atoms with van der Waals surface area (Å²) in [5.41, 5.74) is -1.05. The molecule has 1 N–H and O–H groups in total. The maximum Gasteiger partial charge on any atom is 0.411 e. The van der Waals surface area contributed by atoms with Crippen molar-refractivity contribution in [3.05, 3.63) is 35.9 Å². The van der Waals surface area contributed by atoms with Gasteiger partial charge in [0.2, 0.25) is 0 Å². The fraction of sp³-hybridized carbons (Fsp3) is 0.579. The zero-order valence-electron chi connectivity index (χ0n) is 15.7. The first-order valence-electron chi connectivity index (χ1n) is 8.59. The highest BCUT2D eigenvalue weighted by Gasteiger charge is 2.52. The van der Waals surface area contributed by atoms with E-state index in [2.05, 4.69) is 0 Å². The van der Waals surface area contributed by atoms with Crippen molar-refractivity contribution in [2.24, 2.45) is 0 Å². The Kier molecular flexibility index (Phi) is 6.26. The van der Waals surface area contributed by atoms with Gasteiger partial charge < -0.3 is 19.3 Å². The number of amides is 1. The van der Waals surface area contributed by atoms with Crippen LogP contribution >= 0.6 is 0 Å². The van der Waals surface area contributed by atoms with Crippen LogP contribution in [0.25, 0.3) is 0 Å². The Hall–Kier alpha value is -2.12. The summed E-state index contributed by atoms with van der Waals surface area (Å²) in [5.74, 6) is -1.08. The second kappa shape index (κ2) is 8.05. The number of carboxylic acid groups (broad SMARTS) is 1. The number of carboxylic acids is 1. The molecule has 2 atom stereocenters. The molecule has 1 aromatic rings. The molecule has 1 aromatic carbocycles. The predicted octanol–water partition coefficient (Wildman–Crippen LogP) is 3.03. The van der Waals surface area contributed by atoms with Crippen molar-refractivity contribution in [3.63, 3.8) is 0 Å². The van der Waals surface area contributed by atoms with Gasteiger partial charge in [-0.3, -0.25) is 4.90 Å². The third-order valence-electron chi connectivity index (χ3n) is 4.18. The highest BCUT2D eigenvalue weighted by molar-refractivity contribution is 5.85. The highest BCUT2D eigenvalue weighted by Crippen LogP contribution is 2.32. The summed E-state index contributed by atoms with van der Waals surface area (Å²) in [5, 5.41) is 9.59. The topological polar surface area (TPSA) is 85.3 Å². The molecule has 0 spiro atoms. The molecule has 7 nitrogen and oxygen atoms in total. The molecule has 0 saturated carbocycles. The molecule has 1 amide bonds. The molecule has 26 heavy (non-hydrogen) atoms. The van der Waals surface area contributed by atoms with Crippen LogP contribution in [-0.4, -0.2) is 52.7 Å². The van der Waals surface area contributed by atoms with E-state index in [1.54, 1.807) is 20.8 Å². The van der Waals surface area contributed by atoms with E-state index in [0.29, 0.717) is 6.61 Å². The van der Waals surface area contributed by atoms with Gasteiger partial charge in [0, 0.05) is 6.42 Å². The monoisotopic (exact) mass is 365 g/mol. The average Bonchev–Trinajstić information content (AvgIpc) is 2.89. The number of benzene rings is 1. The maximum absolute atomic E-state index is 12.4. The van der Waals surface area contributed by atoms with Crippen molar-refractivity contribution in [3.8, 4) is 0 Å². The Morgan fingerprint density at radius 2 is 1.92 bits per heavy atom. The van der Waals surface area contributed by atoms with Gasteiger partial charge in [-0.25, -0.2) is 9.59 Å². The molecule has 1 aliphatic rings. The van der Waals surface area contributed by atoms with Crippen LogP contribution in [0.3, 0.4) is 0 Å². The molecule has 1 fully saturated rings. The minimum absolute atomic E-state index is 0.0252. The first kappa shape index (κ1) is 20.2. The number of hydrogen-bond donors (Lipinski definition) is 1. The number of aliphatic carboxylic acids is 1. The van der Waals surface area contributed by atoms with Gasteiger partial charge in [0.25, 0.3) is 0 Å². The number of carbonyl (C=O) groups is 2. The summed E-state index contributed by atoms with van der Waals surface area (Å²) >= 11 is 0. The summed E-state index contributed by atoms with van der Waals surface area (Å²) in [6.07, 6.45) is -0.908. The summed E-state index contributed by atoms with van der Waals surface area (Å²) < 4.78 is 16.5. The lowest BCUT2D eigenvalue weighted by Gasteiger charge is -2.32. The molecule has 0 aromatic heterocycles.